The van der Waals surface area contributed by atoms with E-state index in [-0.39, 0.29) is 24.2 Å². The van der Waals surface area contributed by atoms with Crippen molar-refractivity contribution >= 4 is 6.29 Å². The van der Waals surface area contributed by atoms with Gasteiger partial charge in [-0.3, -0.25) is 0 Å². The fourth-order valence-electron chi connectivity index (χ4n) is 2.45. The standard InChI is InChI=1S/C14H26O5/c1-4-16-10-12(17-5-2)14-13(18-6-3)11(7-8-15)9-19-14/h8,11-14H,4-7,9-10H2,1-3H3. The lowest BCUT2D eigenvalue weighted by molar-refractivity contribution is -0.120. The van der Waals surface area contributed by atoms with Gasteiger partial charge in [-0.25, -0.2) is 0 Å². The molecule has 4 atom stereocenters. The van der Waals surface area contributed by atoms with Crippen molar-refractivity contribution in [1.82, 2.24) is 0 Å². The summed E-state index contributed by atoms with van der Waals surface area (Å²) < 4.78 is 22.7. The van der Waals surface area contributed by atoms with E-state index in [1.54, 1.807) is 0 Å². The third-order valence-electron chi connectivity index (χ3n) is 3.28. The number of rotatable bonds is 10. The van der Waals surface area contributed by atoms with Crippen LogP contribution in [-0.2, 0) is 23.7 Å². The van der Waals surface area contributed by atoms with Crippen LogP contribution in [0.1, 0.15) is 27.2 Å². The highest BCUT2D eigenvalue weighted by atomic mass is 16.6. The molecule has 0 spiro atoms. The van der Waals surface area contributed by atoms with Gasteiger partial charge in [0.25, 0.3) is 0 Å². The van der Waals surface area contributed by atoms with Gasteiger partial charge in [0.15, 0.2) is 0 Å². The number of hydrogen-bond acceptors (Lipinski definition) is 5. The number of ether oxygens (including phenoxy) is 4. The second kappa shape index (κ2) is 9.42. The Labute approximate surface area is 115 Å². The van der Waals surface area contributed by atoms with Crippen molar-refractivity contribution < 1.29 is 23.7 Å². The number of aldehydes is 1. The maximum absolute atomic E-state index is 10.7. The van der Waals surface area contributed by atoms with Crippen molar-refractivity contribution in [1.29, 1.82) is 0 Å². The Morgan fingerprint density at radius 1 is 1.26 bits per heavy atom. The Hall–Kier alpha value is -0.490. The molecule has 1 fully saturated rings. The van der Waals surface area contributed by atoms with Crippen molar-refractivity contribution in [3.8, 4) is 0 Å². The molecule has 0 aromatic rings. The minimum absolute atomic E-state index is 0.0905. The van der Waals surface area contributed by atoms with Crippen LogP contribution >= 0.6 is 0 Å². The summed E-state index contributed by atoms with van der Waals surface area (Å²) in [6.07, 6.45) is 1.01. The van der Waals surface area contributed by atoms with Crippen molar-refractivity contribution in [2.75, 3.05) is 33.0 Å². The third kappa shape index (κ3) is 4.84. The van der Waals surface area contributed by atoms with E-state index < -0.39 is 0 Å². The number of carbonyl (C=O) groups excluding carboxylic acids is 1. The summed E-state index contributed by atoms with van der Waals surface area (Å²) in [4.78, 5) is 10.7. The van der Waals surface area contributed by atoms with Gasteiger partial charge in [-0.1, -0.05) is 0 Å². The molecule has 112 valence electrons. The number of carbonyl (C=O) groups is 1. The molecule has 0 amide bonds. The second-order valence-corrected chi connectivity index (χ2v) is 4.53. The van der Waals surface area contributed by atoms with Gasteiger partial charge >= 0.3 is 0 Å². The van der Waals surface area contributed by atoms with Crippen LogP contribution in [0.2, 0.25) is 0 Å². The third-order valence-corrected chi connectivity index (χ3v) is 3.28. The van der Waals surface area contributed by atoms with E-state index in [1.807, 2.05) is 20.8 Å². The van der Waals surface area contributed by atoms with Crippen LogP contribution < -0.4 is 0 Å². The first-order valence-corrected chi connectivity index (χ1v) is 7.14. The Bertz CT molecular complexity index is 246. The lowest BCUT2D eigenvalue weighted by atomic mass is 9.96. The van der Waals surface area contributed by atoms with Gasteiger partial charge in [-0.05, 0) is 20.8 Å². The molecule has 5 heteroatoms. The topological polar surface area (TPSA) is 54.0 Å². The average molecular weight is 274 g/mol. The predicted octanol–water partition coefficient (Wildman–Crippen LogP) is 1.44. The van der Waals surface area contributed by atoms with E-state index in [0.717, 1.165) is 6.29 Å². The van der Waals surface area contributed by atoms with Crippen LogP contribution in [0.3, 0.4) is 0 Å². The molecule has 1 rings (SSSR count). The SMILES string of the molecule is CCOCC(OCC)C1OCC(CC=O)C1OCC. The Balaban J connectivity index is 2.66. The van der Waals surface area contributed by atoms with Gasteiger partial charge in [-0.2, -0.15) is 0 Å². The summed E-state index contributed by atoms with van der Waals surface area (Å²) in [6.45, 7) is 8.75. The summed E-state index contributed by atoms with van der Waals surface area (Å²) in [7, 11) is 0. The van der Waals surface area contributed by atoms with E-state index in [9.17, 15) is 4.79 Å². The van der Waals surface area contributed by atoms with Crippen LogP contribution in [0.15, 0.2) is 0 Å². The largest absolute Gasteiger partial charge is 0.379 e. The first kappa shape index (κ1) is 16.6. The minimum Gasteiger partial charge on any atom is -0.379 e. The van der Waals surface area contributed by atoms with Gasteiger partial charge in [0, 0.05) is 32.2 Å². The van der Waals surface area contributed by atoms with Crippen LogP contribution in [0, 0.1) is 5.92 Å². The Morgan fingerprint density at radius 2 is 2.05 bits per heavy atom. The number of hydrogen-bond donors (Lipinski definition) is 0. The smallest absolute Gasteiger partial charge is 0.120 e. The highest BCUT2D eigenvalue weighted by Gasteiger charge is 2.42. The minimum atomic E-state index is -0.156. The van der Waals surface area contributed by atoms with E-state index in [1.165, 1.54) is 0 Å². The molecular weight excluding hydrogens is 248 g/mol. The molecule has 1 aliphatic rings. The molecule has 1 aliphatic heterocycles. The molecule has 5 nitrogen and oxygen atoms in total. The van der Waals surface area contributed by atoms with Crippen molar-refractivity contribution in [2.24, 2.45) is 5.92 Å². The lowest BCUT2D eigenvalue weighted by Crippen LogP contribution is -2.43. The molecule has 0 aromatic carbocycles. The Morgan fingerprint density at radius 3 is 2.63 bits per heavy atom. The van der Waals surface area contributed by atoms with E-state index in [0.29, 0.717) is 39.5 Å². The van der Waals surface area contributed by atoms with Crippen LogP contribution in [0.25, 0.3) is 0 Å². The maximum Gasteiger partial charge on any atom is 0.120 e. The molecular formula is C14H26O5. The van der Waals surface area contributed by atoms with E-state index in [4.69, 9.17) is 18.9 Å². The monoisotopic (exact) mass is 274 g/mol. The van der Waals surface area contributed by atoms with Crippen LogP contribution in [0.4, 0.5) is 0 Å². The summed E-state index contributed by atoms with van der Waals surface area (Å²) in [5.74, 6) is 0.118. The van der Waals surface area contributed by atoms with Gasteiger partial charge < -0.3 is 23.7 Å². The molecule has 0 radical (unpaired) electrons. The molecule has 0 aliphatic carbocycles. The van der Waals surface area contributed by atoms with Crippen molar-refractivity contribution in [2.45, 2.75) is 45.5 Å². The summed E-state index contributed by atoms with van der Waals surface area (Å²) in [5, 5.41) is 0. The first-order valence-electron chi connectivity index (χ1n) is 7.14. The highest BCUT2D eigenvalue weighted by Crippen LogP contribution is 2.29. The van der Waals surface area contributed by atoms with Crippen molar-refractivity contribution in [3.63, 3.8) is 0 Å². The molecule has 19 heavy (non-hydrogen) atoms. The van der Waals surface area contributed by atoms with Crippen molar-refractivity contribution in [3.05, 3.63) is 0 Å². The fourth-order valence-corrected chi connectivity index (χ4v) is 2.45. The van der Waals surface area contributed by atoms with Gasteiger partial charge in [0.1, 0.15) is 18.5 Å². The van der Waals surface area contributed by atoms with E-state index >= 15 is 0 Å². The van der Waals surface area contributed by atoms with Crippen LogP contribution in [0.5, 0.6) is 0 Å². The molecule has 4 unspecified atom stereocenters. The van der Waals surface area contributed by atoms with Gasteiger partial charge in [-0.15, -0.1) is 0 Å². The zero-order valence-corrected chi connectivity index (χ0v) is 12.2. The molecule has 1 heterocycles. The fraction of sp³-hybridized carbons (Fsp3) is 0.929. The second-order valence-electron chi connectivity index (χ2n) is 4.53. The molecule has 0 aromatic heterocycles. The predicted molar refractivity (Wildman–Crippen MR) is 71.2 cm³/mol. The Kier molecular flexibility index (Phi) is 8.21. The quantitative estimate of drug-likeness (QED) is 0.564. The highest BCUT2D eigenvalue weighted by molar-refractivity contribution is 5.50. The maximum atomic E-state index is 10.7. The lowest BCUT2D eigenvalue weighted by Gasteiger charge is -2.28. The molecule has 0 bridgehead atoms. The normalized spacial score (nSPS) is 28.5. The zero-order valence-electron chi connectivity index (χ0n) is 12.2. The summed E-state index contributed by atoms with van der Waals surface area (Å²) >= 11 is 0. The first-order chi connectivity index (χ1) is 9.28. The molecule has 1 saturated heterocycles. The average Bonchev–Trinajstić information content (AvgIpc) is 2.79. The van der Waals surface area contributed by atoms with E-state index in [2.05, 4.69) is 0 Å². The summed E-state index contributed by atoms with van der Waals surface area (Å²) in [5.41, 5.74) is 0. The van der Waals surface area contributed by atoms with Gasteiger partial charge in [0.05, 0.1) is 19.3 Å². The molecule has 0 N–H and O–H groups in total. The zero-order chi connectivity index (χ0) is 14.1. The van der Waals surface area contributed by atoms with Gasteiger partial charge in [0.2, 0.25) is 0 Å². The molecule has 0 saturated carbocycles. The van der Waals surface area contributed by atoms with Crippen LogP contribution in [-0.4, -0.2) is 57.6 Å². The summed E-state index contributed by atoms with van der Waals surface area (Å²) in [6, 6.07) is 0.